The third-order valence-corrected chi connectivity index (χ3v) is 10.4. The molecule has 0 spiro atoms. The van der Waals surface area contributed by atoms with Gasteiger partial charge in [0.25, 0.3) is 0 Å². The summed E-state index contributed by atoms with van der Waals surface area (Å²) < 4.78 is 50.7. The van der Waals surface area contributed by atoms with E-state index in [-0.39, 0.29) is 54.7 Å². The van der Waals surface area contributed by atoms with Crippen LogP contribution in [0.5, 0.6) is 5.75 Å². The third-order valence-electron chi connectivity index (χ3n) is 10.4. The van der Waals surface area contributed by atoms with E-state index < -0.39 is 12.4 Å². The molecule has 0 radical (unpaired) electrons. The van der Waals surface area contributed by atoms with E-state index in [2.05, 4.69) is 6.92 Å². The van der Waals surface area contributed by atoms with Gasteiger partial charge < -0.3 is 42.6 Å². The van der Waals surface area contributed by atoms with Gasteiger partial charge in [-0.2, -0.15) is 0 Å². The minimum atomic E-state index is -0.631. The fourth-order valence-corrected chi connectivity index (χ4v) is 6.59. The van der Waals surface area contributed by atoms with Gasteiger partial charge in [-0.25, -0.2) is 4.79 Å². The Morgan fingerprint density at radius 1 is 0.607 bits per heavy atom. The lowest BCUT2D eigenvalue weighted by atomic mass is 9.84. The molecule has 1 aliphatic heterocycles. The number of ether oxygens (including phenoxy) is 9. The maximum Gasteiger partial charge on any atom is 0.338 e. The van der Waals surface area contributed by atoms with E-state index >= 15 is 0 Å². The Morgan fingerprint density at radius 2 is 1.20 bits per heavy atom. The van der Waals surface area contributed by atoms with Gasteiger partial charge in [0.05, 0.1) is 57.9 Å². The summed E-state index contributed by atoms with van der Waals surface area (Å²) in [7, 11) is 0. The normalized spacial score (nSPS) is 18.7. The van der Waals surface area contributed by atoms with Gasteiger partial charge in [-0.3, -0.25) is 14.4 Å². The molecule has 4 rings (SSSR count). The van der Waals surface area contributed by atoms with Crippen LogP contribution in [0.4, 0.5) is 0 Å². The molecule has 1 heterocycles. The van der Waals surface area contributed by atoms with Crippen LogP contribution in [0.15, 0.2) is 78.9 Å². The van der Waals surface area contributed by atoms with Gasteiger partial charge >= 0.3 is 11.9 Å². The van der Waals surface area contributed by atoms with Crippen LogP contribution in [-0.2, 0) is 58.9 Å². The number of carbonyl (C=O) groups is 4. The summed E-state index contributed by atoms with van der Waals surface area (Å²) in [5.74, 6) is 0.308. The number of ketones is 2. The van der Waals surface area contributed by atoms with Crippen LogP contribution in [0.25, 0.3) is 11.1 Å². The number of carbonyl (C=O) groups excluding carboxylic acids is 4. The van der Waals surface area contributed by atoms with Crippen LogP contribution in [0.3, 0.4) is 0 Å². The van der Waals surface area contributed by atoms with E-state index in [0.717, 1.165) is 16.7 Å². The highest BCUT2D eigenvalue weighted by atomic mass is 16.7. The van der Waals surface area contributed by atoms with Crippen molar-refractivity contribution in [2.24, 2.45) is 11.8 Å². The number of rotatable bonds is 30. The van der Waals surface area contributed by atoms with E-state index in [9.17, 15) is 19.2 Å². The largest absolute Gasteiger partial charge is 0.486 e. The van der Waals surface area contributed by atoms with Crippen molar-refractivity contribution in [1.82, 2.24) is 0 Å². The Balaban J connectivity index is 0.911. The zero-order chi connectivity index (χ0) is 43.7. The predicted octanol–water partition coefficient (Wildman–Crippen LogP) is 7.60. The van der Waals surface area contributed by atoms with Crippen LogP contribution in [0, 0.1) is 11.8 Å². The van der Waals surface area contributed by atoms with E-state index in [1.54, 1.807) is 24.3 Å². The molecule has 0 N–H and O–H groups in total. The van der Waals surface area contributed by atoms with Crippen molar-refractivity contribution in [3.8, 4) is 16.9 Å². The summed E-state index contributed by atoms with van der Waals surface area (Å²) >= 11 is 0. The van der Waals surface area contributed by atoms with Crippen LogP contribution >= 0.6 is 0 Å². The summed E-state index contributed by atoms with van der Waals surface area (Å²) in [6.07, 6.45) is 1.89. The maximum atomic E-state index is 12.6. The lowest BCUT2D eigenvalue weighted by molar-refractivity contribution is -0.271. The average Bonchev–Trinajstić information content (AvgIpc) is 3.27. The number of benzene rings is 3. The molecule has 61 heavy (non-hydrogen) atoms. The molecule has 0 amide bonds. The lowest BCUT2D eigenvalue weighted by Gasteiger charge is -2.42. The van der Waals surface area contributed by atoms with Crippen molar-refractivity contribution < 1.29 is 61.8 Å². The summed E-state index contributed by atoms with van der Waals surface area (Å²) in [6, 6.07) is 24.2. The second-order valence-corrected chi connectivity index (χ2v) is 15.2. The Bertz CT molecular complexity index is 1730. The third kappa shape index (κ3) is 19.0. The fourth-order valence-electron chi connectivity index (χ4n) is 6.59. The first-order valence-corrected chi connectivity index (χ1v) is 21.4. The van der Waals surface area contributed by atoms with Gasteiger partial charge in [0.1, 0.15) is 24.7 Å². The standard InChI is InChI=1S/C48H64O13/c1-35-36(2)46(61-38(4)49)48(60-37(35)3)57-25-11-17-43(50)16-9-23-53-26-28-55-30-31-56-29-27-54-24-10-18-44(51)34-58-45-21-19-40(20-22-45)41-14-8-15-42(32-41)47(52)59-33-39-12-6-5-7-13-39/h5-8,12-15,19-22,32,35-37,46,48H,9-11,16-18,23-31,33-34H2,1-4H3/t35-,36?,37+,46+,48?/m1/s1. The zero-order valence-corrected chi connectivity index (χ0v) is 36.2. The van der Waals surface area contributed by atoms with Gasteiger partial charge in [0.2, 0.25) is 0 Å². The van der Waals surface area contributed by atoms with Gasteiger partial charge in [-0.05, 0) is 73.1 Å². The first kappa shape index (κ1) is 49.2. The molecule has 13 heteroatoms. The second kappa shape index (κ2) is 28.2. The molecule has 334 valence electrons. The van der Waals surface area contributed by atoms with Gasteiger partial charge in [0.15, 0.2) is 18.2 Å². The van der Waals surface area contributed by atoms with E-state index in [1.807, 2.05) is 68.4 Å². The van der Waals surface area contributed by atoms with Gasteiger partial charge in [0, 0.05) is 45.3 Å². The molecule has 3 aromatic carbocycles. The molecule has 3 aromatic rings. The van der Waals surface area contributed by atoms with Crippen molar-refractivity contribution in [3.63, 3.8) is 0 Å². The zero-order valence-electron chi connectivity index (χ0n) is 36.2. The molecule has 1 saturated heterocycles. The molecule has 0 aliphatic carbocycles. The topological polar surface area (TPSA) is 151 Å². The highest BCUT2D eigenvalue weighted by molar-refractivity contribution is 5.91. The van der Waals surface area contributed by atoms with Crippen molar-refractivity contribution in [1.29, 1.82) is 0 Å². The molecule has 5 atom stereocenters. The van der Waals surface area contributed by atoms with E-state index in [0.29, 0.717) is 109 Å². The molecule has 2 unspecified atom stereocenters. The second-order valence-electron chi connectivity index (χ2n) is 15.2. The number of esters is 2. The number of hydrogen-bond donors (Lipinski definition) is 0. The molecular weight excluding hydrogens is 785 g/mol. The summed E-state index contributed by atoms with van der Waals surface area (Å²) in [5, 5.41) is 0. The van der Waals surface area contributed by atoms with Crippen molar-refractivity contribution >= 4 is 23.5 Å². The van der Waals surface area contributed by atoms with Crippen LogP contribution in [0.1, 0.15) is 82.1 Å². The SMILES string of the molecule is CC(=O)O[C@@H]1C(OCCCC(=O)CCCOCCOCCOCCOCCCC(=O)COc2ccc(-c3cccc(C(=O)OCc4ccccc4)c3)cc2)O[C@@H](C)[C@H](C)C1C. The Morgan fingerprint density at radius 3 is 1.82 bits per heavy atom. The Kier molecular flexibility index (Phi) is 22.7. The van der Waals surface area contributed by atoms with E-state index in [4.69, 9.17) is 42.6 Å². The van der Waals surface area contributed by atoms with Crippen LogP contribution in [-0.4, -0.2) is 108 Å². The highest BCUT2D eigenvalue weighted by Crippen LogP contribution is 2.33. The minimum absolute atomic E-state index is 0.0136. The fraction of sp³-hybridized carbons (Fsp3) is 0.542. The van der Waals surface area contributed by atoms with Crippen LogP contribution in [0.2, 0.25) is 0 Å². The lowest BCUT2D eigenvalue weighted by Crippen LogP contribution is -2.51. The maximum absolute atomic E-state index is 12.6. The van der Waals surface area contributed by atoms with Crippen molar-refractivity contribution in [2.75, 3.05) is 66.1 Å². The van der Waals surface area contributed by atoms with E-state index in [1.165, 1.54) is 6.92 Å². The Hall–Kier alpha value is -4.50. The molecule has 0 saturated carbocycles. The minimum Gasteiger partial charge on any atom is -0.486 e. The first-order chi connectivity index (χ1) is 29.6. The smallest absolute Gasteiger partial charge is 0.338 e. The molecular formula is C48H64O13. The molecule has 1 fully saturated rings. The number of Topliss-reactive ketones (excluding diaryl/α,β-unsaturated/α-hetero) is 2. The molecule has 1 aliphatic rings. The Labute approximate surface area is 360 Å². The van der Waals surface area contributed by atoms with Gasteiger partial charge in [-0.1, -0.05) is 68.4 Å². The number of hydrogen-bond acceptors (Lipinski definition) is 13. The van der Waals surface area contributed by atoms with Crippen molar-refractivity contribution in [2.45, 2.75) is 91.3 Å². The predicted molar refractivity (Wildman–Crippen MR) is 228 cm³/mol. The van der Waals surface area contributed by atoms with Crippen molar-refractivity contribution in [3.05, 3.63) is 90.0 Å². The first-order valence-electron chi connectivity index (χ1n) is 21.4. The monoisotopic (exact) mass is 848 g/mol. The average molecular weight is 849 g/mol. The highest BCUT2D eigenvalue weighted by Gasteiger charge is 2.42. The van der Waals surface area contributed by atoms with Crippen LogP contribution < -0.4 is 4.74 Å². The molecule has 13 nitrogen and oxygen atoms in total. The molecule has 0 aromatic heterocycles. The summed E-state index contributed by atoms with van der Waals surface area (Å²) in [4.78, 5) is 48.8. The summed E-state index contributed by atoms with van der Waals surface area (Å²) in [5.41, 5.74) is 3.18. The molecule has 0 bridgehead atoms. The van der Waals surface area contributed by atoms with Gasteiger partial charge in [-0.15, -0.1) is 0 Å². The summed E-state index contributed by atoms with van der Waals surface area (Å²) in [6.45, 7) is 11.5. The quantitative estimate of drug-likeness (QED) is 0.0479.